The second-order valence-electron chi connectivity index (χ2n) is 6.29. The van der Waals surface area contributed by atoms with Gasteiger partial charge in [-0.2, -0.15) is 0 Å². The van der Waals surface area contributed by atoms with Crippen LogP contribution < -0.4 is 10.6 Å². The number of amides is 1. The quantitative estimate of drug-likeness (QED) is 0.750. The minimum atomic E-state index is -0.999. The first-order chi connectivity index (χ1) is 10.6. The predicted octanol–water partition coefficient (Wildman–Crippen LogP) is 3.06. The fraction of sp³-hybridized carbons (Fsp3) is 0.562. The Kier molecular flexibility index (Phi) is 6.75. The highest BCUT2D eigenvalue weighted by molar-refractivity contribution is 5.68. The van der Waals surface area contributed by atoms with Crippen LogP contribution in [0.2, 0.25) is 0 Å². The van der Waals surface area contributed by atoms with E-state index in [1.165, 1.54) is 0 Å². The molecule has 0 saturated heterocycles. The van der Waals surface area contributed by atoms with Crippen molar-refractivity contribution >= 4 is 6.09 Å². The summed E-state index contributed by atoms with van der Waals surface area (Å²) < 4.78 is 31.6. The van der Waals surface area contributed by atoms with Crippen molar-refractivity contribution in [1.82, 2.24) is 10.6 Å². The predicted molar refractivity (Wildman–Crippen MR) is 83.2 cm³/mol. The Bertz CT molecular complexity index is 522. The highest BCUT2D eigenvalue weighted by Crippen LogP contribution is 2.21. The van der Waals surface area contributed by atoms with E-state index in [2.05, 4.69) is 10.6 Å². The number of nitrogens with one attached hydrogen (secondary N) is 2. The second kappa shape index (κ2) is 8.10. The highest BCUT2D eigenvalue weighted by Gasteiger charge is 2.18. The van der Waals surface area contributed by atoms with Crippen LogP contribution in [-0.4, -0.2) is 29.4 Å². The smallest absolute Gasteiger partial charge is 0.407 e. The number of benzene rings is 1. The monoisotopic (exact) mass is 330 g/mol. The van der Waals surface area contributed by atoms with Gasteiger partial charge in [0.05, 0.1) is 0 Å². The van der Waals surface area contributed by atoms with E-state index in [1.54, 1.807) is 20.8 Å². The first-order valence-corrected chi connectivity index (χ1v) is 7.49. The number of carbonyl (C=O) groups is 1. The maximum Gasteiger partial charge on any atom is 0.407 e. The molecular weight excluding hydrogens is 306 g/mol. The van der Waals surface area contributed by atoms with Crippen LogP contribution in [0.25, 0.3) is 0 Å². The molecule has 0 saturated carbocycles. The molecule has 1 rings (SSSR count). The third-order valence-corrected chi connectivity index (χ3v) is 3.01. The fourth-order valence-corrected chi connectivity index (χ4v) is 1.88. The molecule has 7 heteroatoms. The van der Waals surface area contributed by atoms with Gasteiger partial charge in [-0.25, -0.2) is 13.6 Å². The van der Waals surface area contributed by atoms with Crippen molar-refractivity contribution in [2.45, 2.75) is 52.3 Å². The molecule has 23 heavy (non-hydrogen) atoms. The van der Waals surface area contributed by atoms with Gasteiger partial charge in [0.1, 0.15) is 5.60 Å². The van der Waals surface area contributed by atoms with Crippen LogP contribution in [0.1, 0.15) is 39.7 Å². The molecule has 1 unspecified atom stereocenters. The molecule has 0 aromatic heterocycles. The van der Waals surface area contributed by atoms with E-state index >= 15 is 0 Å². The van der Waals surface area contributed by atoms with E-state index < -0.39 is 29.1 Å². The summed E-state index contributed by atoms with van der Waals surface area (Å²) in [5.74, 6) is -2.98. The van der Waals surface area contributed by atoms with Gasteiger partial charge >= 0.3 is 6.09 Å². The van der Waals surface area contributed by atoms with Gasteiger partial charge in [0.2, 0.25) is 0 Å². The first-order valence-electron chi connectivity index (χ1n) is 7.49. The number of aromatic hydroxyl groups is 1. The summed E-state index contributed by atoms with van der Waals surface area (Å²) in [5, 5.41) is 14.8. The maximum absolute atomic E-state index is 13.2. The molecule has 1 aromatic rings. The van der Waals surface area contributed by atoms with Crippen molar-refractivity contribution < 1.29 is 23.4 Å². The van der Waals surface area contributed by atoms with Gasteiger partial charge < -0.3 is 20.5 Å². The number of halogens is 2. The van der Waals surface area contributed by atoms with Gasteiger partial charge in [-0.15, -0.1) is 0 Å². The average molecular weight is 330 g/mol. The van der Waals surface area contributed by atoms with Crippen LogP contribution in [0, 0.1) is 11.6 Å². The molecule has 0 aliphatic carbocycles. The molecule has 5 nitrogen and oxygen atoms in total. The topological polar surface area (TPSA) is 70.6 Å². The van der Waals surface area contributed by atoms with Gasteiger partial charge in [0, 0.05) is 19.1 Å². The van der Waals surface area contributed by atoms with Gasteiger partial charge in [0.25, 0.3) is 0 Å². The van der Waals surface area contributed by atoms with Gasteiger partial charge in [-0.05, 0) is 44.9 Å². The van der Waals surface area contributed by atoms with Crippen LogP contribution in [-0.2, 0) is 11.3 Å². The Labute approximate surface area is 135 Å². The number of carbonyl (C=O) groups excluding carboxylic acids is 1. The van der Waals surface area contributed by atoms with Crippen LogP contribution >= 0.6 is 0 Å². The number of hydrogen-bond acceptors (Lipinski definition) is 4. The van der Waals surface area contributed by atoms with E-state index in [4.69, 9.17) is 9.84 Å². The van der Waals surface area contributed by atoms with E-state index in [0.29, 0.717) is 18.5 Å². The van der Waals surface area contributed by atoms with Crippen molar-refractivity contribution in [3.8, 4) is 5.75 Å². The van der Waals surface area contributed by atoms with E-state index in [-0.39, 0.29) is 12.6 Å². The van der Waals surface area contributed by atoms with Crippen LogP contribution in [0.4, 0.5) is 13.6 Å². The van der Waals surface area contributed by atoms with Crippen molar-refractivity contribution in [2.24, 2.45) is 0 Å². The lowest BCUT2D eigenvalue weighted by molar-refractivity contribution is 0.0502. The summed E-state index contributed by atoms with van der Waals surface area (Å²) in [6, 6.07) is 1.96. The number of phenols is 1. The minimum absolute atomic E-state index is 0.170. The molecular formula is C16H24F2N2O3. The Morgan fingerprint density at radius 2 is 1.87 bits per heavy atom. The van der Waals surface area contributed by atoms with Crippen LogP contribution in [0.3, 0.4) is 0 Å². The molecule has 130 valence electrons. The van der Waals surface area contributed by atoms with Crippen molar-refractivity contribution in [3.63, 3.8) is 0 Å². The summed E-state index contributed by atoms with van der Waals surface area (Å²) in [4.78, 5) is 11.7. The molecule has 0 aliphatic heterocycles. The third kappa shape index (κ3) is 6.81. The van der Waals surface area contributed by atoms with Crippen molar-refractivity contribution in [2.75, 3.05) is 6.54 Å². The zero-order chi connectivity index (χ0) is 17.6. The van der Waals surface area contributed by atoms with Crippen LogP contribution in [0.5, 0.6) is 5.75 Å². The van der Waals surface area contributed by atoms with E-state index in [1.807, 2.05) is 6.92 Å². The van der Waals surface area contributed by atoms with Crippen molar-refractivity contribution in [3.05, 3.63) is 29.3 Å². The molecule has 0 spiro atoms. The van der Waals surface area contributed by atoms with Gasteiger partial charge in [-0.1, -0.05) is 6.92 Å². The number of phenolic OH excluding ortho intramolecular Hbond substituents is 1. The van der Waals surface area contributed by atoms with Crippen molar-refractivity contribution in [1.29, 1.82) is 0 Å². The lowest BCUT2D eigenvalue weighted by atomic mass is 10.2. The highest BCUT2D eigenvalue weighted by atomic mass is 19.1. The van der Waals surface area contributed by atoms with Crippen LogP contribution in [0.15, 0.2) is 12.1 Å². The molecule has 0 fully saturated rings. The Morgan fingerprint density at radius 3 is 2.35 bits per heavy atom. The standard InChI is InChI=1S/C16H24F2N2O3/c1-5-11(20-15(22)23-16(2,3)4)9-19-8-10-6-12(17)14(21)13(18)7-10/h6-7,11,19,21H,5,8-9H2,1-4H3,(H,20,22). The molecule has 0 bridgehead atoms. The van der Waals surface area contributed by atoms with E-state index in [9.17, 15) is 13.6 Å². The van der Waals surface area contributed by atoms with Gasteiger partial charge in [0.15, 0.2) is 17.4 Å². The average Bonchev–Trinajstić information content (AvgIpc) is 2.41. The lowest BCUT2D eigenvalue weighted by Crippen LogP contribution is -2.43. The lowest BCUT2D eigenvalue weighted by Gasteiger charge is -2.23. The molecule has 1 atom stereocenters. The number of rotatable bonds is 6. The third-order valence-electron chi connectivity index (χ3n) is 3.01. The maximum atomic E-state index is 13.2. The zero-order valence-corrected chi connectivity index (χ0v) is 13.9. The number of ether oxygens (including phenoxy) is 1. The van der Waals surface area contributed by atoms with Gasteiger partial charge in [-0.3, -0.25) is 0 Å². The molecule has 0 radical (unpaired) electrons. The molecule has 1 amide bonds. The zero-order valence-electron chi connectivity index (χ0n) is 13.9. The minimum Gasteiger partial charge on any atom is -0.503 e. The normalized spacial score (nSPS) is 12.8. The SMILES string of the molecule is CCC(CNCc1cc(F)c(O)c(F)c1)NC(=O)OC(C)(C)C. The Hall–Kier alpha value is -1.89. The summed E-state index contributed by atoms with van der Waals surface area (Å²) >= 11 is 0. The number of alkyl carbamates (subject to hydrolysis) is 1. The summed E-state index contributed by atoms with van der Waals surface area (Å²) in [6.07, 6.45) is 0.165. The Balaban J connectivity index is 2.48. The number of hydrogen-bond donors (Lipinski definition) is 3. The molecule has 1 aromatic carbocycles. The fourth-order valence-electron chi connectivity index (χ4n) is 1.88. The summed E-state index contributed by atoms with van der Waals surface area (Å²) in [7, 11) is 0. The first kappa shape index (κ1) is 19.2. The molecule has 3 N–H and O–H groups in total. The largest absolute Gasteiger partial charge is 0.503 e. The second-order valence-corrected chi connectivity index (χ2v) is 6.29. The molecule has 0 heterocycles. The summed E-state index contributed by atoms with van der Waals surface area (Å²) in [6.45, 7) is 7.86. The van der Waals surface area contributed by atoms with E-state index in [0.717, 1.165) is 12.1 Å². The Morgan fingerprint density at radius 1 is 1.30 bits per heavy atom. The molecule has 0 aliphatic rings. The summed E-state index contributed by atoms with van der Waals surface area (Å²) in [5.41, 5.74) is -0.207.